The topological polar surface area (TPSA) is 83.5 Å². The molecule has 0 bridgehead atoms. The van der Waals surface area contributed by atoms with Crippen molar-refractivity contribution in [3.63, 3.8) is 0 Å². The highest BCUT2D eigenvalue weighted by atomic mass is 16.4. The quantitative estimate of drug-likeness (QED) is 0.659. The largest absolute Gasteiger partial charge is 0.481 e. The van der Waals surface area contributed by atoms with Crippen molar-refractivity contribution in [2.45, 2.75) is 26.3 Å². The van der Waals surface area contributed by atoms with E-state index in [-0.39, 0.29) is 24.2 Å². The fourth-order valence-corrected chi connectivity index (χ4v) is 1.98. The number of ketones is 1. The molecule has 2 N–H and O–H groups in total. The molecule has 1 rings (SSSR count). The van der Waals surface area contributed by atoms with Crippen LogP contribution in [0.15, 0.2) is 0 Å². The molecule has 0 saturated carbocycles. The van der Waals surface area contributed by atoms with E-state index < -0.39 is 17.8 Å². The lowest BCUT2D eigenvalue weighted by atomic mass is 9.85. The molecular formula is C9H13NO4. The Morgan fingerprint density at radius 1 is 1.50 bits per heavy atom. The maximum Gasteiger partial charge on any atom is 0.304 e. The Labute approximate surface area is 81.5 Å². The monoisotopic (exact) mass is 199 g/mol. The van der Waals surface area contributed by atoms with Crippen LogP contribution in [0.3, 0.4) is 0 Å². The zero-order chi connectivity index (χ0) is 10.9. The van der Waals surface area contributed by atoms with Gasteiger partial charge in [0.15, 0.2) is 0 Å². The highest BCUT2D eigenvalue weighted by molar-refractivity contribution is 5.93. The first-order valence-corrected chi connectivity index (χ1v) is 4.46. The highest BCUT2D eigenvalue weighted by Crippen LogP contribution is 2.27. The van der Waals surface area contributed by atoms with Crippen LogP contribution >= 0.6 is 0 Å². The van der Waals surface area contributed by atoms with Crippen molar-refractivity contribution in [1.82, 2.24) is 5.32 Å². The predicted molar refractivity (Wildman–Crippen MR) is 47.5 cm³/mol. The fraction of sp³-hybridized carbons (Fsp3) is 0.667. The Morgan fingerprint density at radius 3 is 2.50 bits per heavy atom. The zero-order valence-corrected chi connectivity index (χ0v) is 8.11. The van der Waals surface area contributed by atoms with E-state index in [1.807, 2.05) is 0 Å². The number of carbonyl (C=O) groups excluding carboxylic acids is 2. The molecule has 3 atom stereocenters. The minimum atomic E-state index is -1.05. The average Bonchev–Trinajstić information content (AvgIpc) is 2.25. The van der Waals surface area contributed by atoms with Crippen molar-refractivity contribution >= 4 is 17.7 Å². The van der Waals surface area contributed by atoms with Crippen molar-refractivity contribution in [2.24, 2.45) is 11.8 Å². The summed E-state index contributed by atoms with van der Waals surface area (Å²) in [5.74, 6) is -2.73. The molecule has 5 heteroatoms. The van der Waals surface area contributed by atoms with Crippen LogP contribution < -0.4 is 5.32 Å². The molecule has 1 heterocycles. The lowest BCUT2D eigenvalue weighted by Gasteiger charge is -2.14. The predicted octanol–water partition coefficient (Wildman–Crippen LogP) is -0.199. The Morgan fingerprint density at radius 2 is 2.07 bits per heavy atom. The van der Waals surface area contributed by atoms with Crippen LogP contribution in [0.1, 0.15) is 20.3 Å². The molecule has 0 radical (unpaired) electrons. The minimum absolute atomic E-state index is 0.137. The van der Waals surface area contributed by atoms with Gasteiger partial charge in [-0.3, -0.25) is 14.4 Å². The van der Waals surface area contributed by atoms with Gasteiger partial charge in [0.1, 0.15) is 5.78 Å². The van der Waals surface area contributed by atoms with Gasteiger partial charge in [-0.05, 0) is 13.8 Å². The number of hydrogen-bond donors (Lipinski definition) is 2. The number of hydrogen-bond acceptors (Lipinski definition) is 3. The van der Waals surface area contributed by atoms with Crippen molar-refractivity contribution in [3.8, 4) is 0 Å². The lowest BCUT2D eigenvalue weighted by Crippen LogP contribution is -2.29. The average molecular weight is 199 g/mol. The van der Waals surface area contributed by atoms with E-state index in [0.717, 1.165) is 0 Å². The van der Waals surface area contributed by atoms with Crippen LogP contribution in [0.5, 0.6) is 0 Å². The van der Waals surface area contributed by atoms with Crippen LogP contribution in [0.4, 0.5) is 0 Å². The summed E-state index contributed by atoms with van der Waals surface area (Å²) in [5, 5.41) is 11.2. The van der Waals surface area contributed by atoms with Gasteiger partial charge in [-0.25, -0.2) is 0 Å². The van der Waals surface area contributed by atoms with E-state index in [1.54, 1.807) is 6.92 Å². The van der Waals surface area contributed by atoms with Crippen LogP contribution in [-0.4, -0.2) is 28.8 Å². The molecule has 0 aromatic carbocycles. The summed E-state index contributed by atoms with van der Waals surface area (Å²) in [6.07, 6.45) is -0.277. The maximum absolute atomic E-state index is 11.3. The molecule has 0 aromatic heterocycles. The Kier molecular flexibility index (Phi) is 2.88. The van der Waals surface area contributed by atoms with Gasteiger partial charge in [0.05, 0.1) is 12.3 Å². The van der Waals surface area contributed by atoms with E-state index in [2.05, 4.69) is 5.32 Å². The smallest absolute Gasteiger partial charge is 0.304 e. The summed E-state index contributed by atoms with van der Waals surface area (Å²) < 4.78 is 0. The molecule has 0 unspecified atom stereocenters. The molecule has 1 saturated heterocycles. The normalized spacial score (nSPS) is 31.3. The van der Waals surface area contributed by atoms with Gasteiger partial charge < -0.3 is 10.4 Å². The summed E-state index contributed by atoms with van der Waals surface area (Å²) in [4.78, 5) is 33.0. The fourth-order valence-electron chi connectivity index (χ4n) is 1.98. The standard InChI is InChI=1S/C9H13NO4/c1-4-8(5(2)11)6(3-7(12)13)9(14)10-4/h4,6,8H,3H2,1-2H3,(H,10,14)(H,12,13)/t4-,6-,8-/m0/s1. The third-order valence-corrected chi connectivity index (χ3v) is 2.54. The highest BCUT2D eigenvalue weighted by Gasteiger charge is 2.43. The van der Waals surface area contributed by atoms with E-state index in [1.165, 1.54) is 6.92 Å². The molecule has 5 nitrogen and oxygen atoms in total. The molecule has 14 heavy (non-hydrogen) atoms. The van der Waals surface area contributed by atoms with Crippen LogP contribution in [0.2, 0.25) is 0 Å². The van der Waals surface area contributed by atoms with Crippen LogP contribution in [0.25, 0.3) is 0 Å². The second-order valence-electron chi connectivity index (χ2n) is 3.64. The van der Waals surface area contributed by atoms with Crippen molar-refractivity contribution in [1.29, 1.82) is 0 Å². The van der Waals surface area contributed by atoms with Gasteiger partial charge in [0.2, 0.25) is 5.91 Å². The summed E-state index contributed by atoms with van der Waals surface area (Å²) in [6.45, 7) is 3.10. The van der Waals surface area contributed by atoms with E-state index >= 15 is 0 Å². The summed E-state index contributed by atoms with van der Waals surface area (Å²) >= 11 is 0. The second-order valence-corrected chi connectivity index (χ2v) is 3.64. The molecule has 1 fully saturated rings. The molecule has 1 amide bonds. The molecule has 78 valence electrons. The third-order valence-electron chi connectivity index (χ3n) is 2.54. The summed E-state index contributed by atoms with van der Waals surface area (Å²) in [5.41, 5.74) is 0. The number of amides is 1. The number of Topliss-reactive ketones (excluding diaryl/α,β-unsaturated/α-hetero) is 1. The van der Waals surface area contributed by atoms with Crippen molar-refractivity contribution < 1.29 is 19.5 Å². The first-order valence-electron chi connectivity index (χ1n) is 4.46. The SMILES string of the molecule is CC(=O)[C@@H]1[C@H](C)NC(=O)[C@H]1CC(=O)O. The molecule has 0 aliphatic carbocycles. The molecular weight excluding hydrogens is 186 g/mol. The first-order chi connectivity index (χ1) is 6.43. The second kappa shape index (κ2) is 3.77. The summed E-state index contributed by atoms with van der Waals surface area (Å²) in [7, 11) is 0. The summed E-state index contributed by atoms with van der Waals surface area (Å²) in [6, 6.07) is -0.260. The van der Waals surface area contributed by atoms with E-state index in [0.29, 0.717) is 0 Å². The van der Waals surface area contributed by atoms with Gasteiger partial charge >= 0.3 is 5.97 Å². The van der Waals surface area contributed by atoms with E-state index in [4.69, 9.17) is 5.11 Å². The Bertz CT molecular complexity index is 287. The van der Waals surface area contributed by atoms with Crippen LogP contribution in [-0.2, 0) is 14.4 Å². The van der Waals surface area contributed by atoms with Gasteiger partial charge in [-0.1, -0.05) is 0 Å². The number of carbonyl (C=O) groups is 3. The number of carboxylic acid groups (broad SMARTS) is 1. The minimum Gasteiger partial charge on any atom is -0.481 e. The van der Waals surface area contributed by atoms with Gasteiger partial charge in [-0.2, -0.15) is 0 Å². The number of rotatable bonds is 3. The zero-order valence-electron chi connectivity index (χ0n) is 8.11. The van der Waals surface area contributed by atoms with Gasteiger partial charge in [0, 0.05) is 12.0 Å². The van der Waals surface area contributed by atoms with Crippen LogP contribution in [0, 0.1) is 11.8 Å². The third kappa shape index (κ3) is 1.92. The van der Waals surface area contributed by atoms with Gasteiger partial charge in [-0.15, -0.1) is 0 Å². The van der Waals surface area contributed by atoms with Crippen molar-refractivity contribution in [3.05, 3.63) is 0 Å². The lowest BCUT2D eigenvalue weighted by molar-refractivity contribution is -0.141. The molecule has 0 spiro atoms. The van der Waals surface area contributed by atoms with Crippen molar-refractivity contribution in [2.75, 3.05) is 0 Å². The molecule has 1 aliphatic heterocycles. The first kappa shape index (κ1) is 10.7. The number of nitrogens with one attached hydrogen (secondary N) is 1. The number of carboxylic acids is 1. The maximum atomic E-state index is 11.3. The molecule has 1 aliphatic rings. The Hall–Kier alpha value is -1.39. The van der Waals surface area contributed by atoms with Gasteiger partial charge in [0.25, 0.3) is 0 Å². The molecule has 0 aromatic rings. The Balaban J connectivity index is 2.83. The van der Waals surface area contributed by atoms with E-state index in [9.17, 15) is 14.4 Å². The number of aliphatic carboxylic acids is 1.